The molecule has 0 unspecified atom stereocenters. The van der Waals surface area contributed by atoms with Crippen molar-refractivity contribution in [1.82, 2.24) is 5.32 Å². The molecular formula is C15H16FNO3. The van der Waals surface area contributed by atoms with Gasteiger partial charge in [0, 0.05) is 0 Å². The molecule has 20 heavy (non-hydrogen) atoms. The minimum atomic E-state index is -1.26. The monoisotopic (exact) mass is 277 g/mol. The number of furan rings is 1. The van der Waals surface area contributed by atoms with Gasteiger partial charge in [0.15, 0.2) is 0 Å². The second-order valence-electron chi connectivity index (χ2n) is 4.83. The number of carbonyl (C=O) groups excluding carboxylic acids is 1. The fourth-order valence-electron chi connectivity index (χ4n) is 1.79. The highest BCUT2D eigenvalue weighted by molar-refractivity contribution is 5.78. The predicted molar refractivity (Wildman–Crippen MR) is 71.4 cm³/mol. The first-order valence-electron chi connectivity index (χ1n) is 6.25. The number of carbonyl (C=O) groups is 1. The number of amides is 1. The molecule has 0 fully saturated rings. The van der Waals surface area contributed by atoms with E-state index < -0.39 is 5.60 Å². The Morgan fingerprint density at radius 2 is 2.05 bits per heavy atom. The van der Waals surface area contributed by atoms with E-state index >= 15 is 0 Å². The molecule has 0 aliphatic carbocycles. The van der Waals surface area contributed by atoms with Gasteiger partial charge >= 0.3 is 0 Å². The zero-order chi connectivity index (χ0) is 14.6. The third-order valence-electron chi connectivity index (χ3n) is 2.96. The number of hydrogen-bond acceptors (Lipinski definition) is 3. The van der Waals surface area contributed by atoms with Crippen LogP contribution in [0.15, 0.2) is 47.1 Å². The quantitative estimate of drug-likeness (QED) is 0.878. The standard InChI is InChI=1S/C15H16FNO3/c1-15(19,13-3-2-8-20-13)10-17-14(18)9-11-4-6-12(16)7-5-11/h2-8,19H,9-10H2,1H3,(H,17,18)/t15-/m0/s1. The molecule has 4 nitrogen and oxygen atoms in total. The van der Waals surface area contributed by atoms with Crippen LogP contribution >= 0.6 is 0 Å². The van der Waals surface area contributed by atoms with E-state index in [2.05, 4.69) is 5.32 Å². The van der Waals surface area contributed by atoms with Gasteiger partial charge < -0.3 is 14.8 Å². The highest BCUT2D eigenvalue weighted by Gasteiger charge is 2.26. The van der Waals surface area contributed by atoms with Crippen molar-refractivity contribution in [3.05, 3.63) is 59.8 Å². The molecule has 1 aromatic carbocycles. The second kappa shape index (κ2) is 5.88. The number of benzene rings is 1. The lowest BCUT2D eigenvalue weighted by atomic mass is 10.0. The van der Waals surface area contributed by atoms with Crippen LogP contribution in [0.5, 0.6) is 0 Å². The number of halogens is 1. The molecule has 0 aliphatic heterocycles. The molecule has 0 spiro atoms. The first-order valence-corrected chi connectivity index (χ1v) is 6.25. The van der Waals surface area contributed by atoms with E-state index in [1.807, 2.05) is 0 Å². The summed E-state index contributed by atoms with van der Waals surface area (Å²) >= 11 is 0. The van der Waals surface area contributed by atoms with Crippen LogP contribution in [0.25, 0.3) is 0 Å². The Morgan fingerprint density at radius 1 is 1.35 bits per heavy atom. The summed E-state index contributed by atoms with van der Waals surface area (Å²) in [5.41, 5.74) is -0.552. The summed E-state index contributed by atoms with van der Waals surface area (Å²) in [5, 5.41) is 12.8. The Hall–Kier alpha value is -2.14. The molecule has 0 bridgehead atoms. The van der Waals surface area contributed by atoms with E-state index in [1.165, 1.54) is 18.4 Å². The number of aliphatic hydroxyl groups is 1. The van der Waals surface area contributed by atoms with E-state index in [4.69, 9.17) is 4.42 Å². The zero-order valence-corrected chi connectivity index (χ0v) is 11.1. The second-order valence-corrected chi connectivity index (χ2v) is 4.83. The first kappa shape index (κ1) is 14.3. The van der Waals surface area contributed by atoms with Gasteiger partial charge in [0.1, 0.15) is 17.2 Å². The molecule has 0 saturated carbocycles. The highest BCUT2D eigenvalue weighted by atomic mass is 19.1. The van der Waals surface area contributed by atoms with Gasteiger partial charge in [-0.2, -0.15) is 0 Å². The Morgan fingerprint density at radius 3 is 2.65 bits per heavy atom. The summed E-state index contributed by atoms with van der Waals surface area (Å²) < 4.78 is 17.9. The minimum Gasteiger partial charge on any atom is -0.466 e. The summed E-state index contributed by atoms with van der Waals surface area (Å²) in [4.78, 5) is 11.8. The van der Waals surface area contributed by atoms with Crippen molar-refractivity contribution in [2.24, 2.45) is 0 Å². The Kier molecular flexibility index (Phi) is 4.20. The molecule has 1 amide bonds. The number of nitrogens with one attached hydrogen (secondary N) is 1. The SMILES string of the molecule is C[C@](O)(CNC(=O)Cc1ccc(F)cc1)c1ccco1. The lowest BCUT2D eigenvalue weighted by Gasteiger charge is -2.21. The molecule has 1 heterocycles. The first-order chi connectivity index (χ1) is 9.47. The molecule has 0 aliphatic rings. The largest absolute Gasteiger partial charge is 0.466 e. The summed E-state index contributed by atoms with van der Waals surface area (Å²) in [6.45, 7) is 1.60. The van der Waals surface area contributed by atoms with Gasteiger partial charge in [-0.05, 0) is 36.8 Å². The predicted octanol–water partition coefficient (Wildman–Crippen LogP) is 1.99. The van der Waals surface area contributed by atoms with Crippen LogP contribution in [0.2, 0.25) is 0 Å². The van der Waals surface area contributed by atoms with E-state index in [9.17, 15) is 14.3 Å². The molecule has 0 saturated heterocycles. The fourth-order valence-corrected chi connectivity index (χ4v) is 1.79. The molecule has 2 aromatic rings. The maximum atomic E-state index is 12.7. The van der Waals surface area contributed by atoms with Crippen molar-refractivity contribution in [3.8, 4) is 0 Å². The Labute approximate surface area is 116 Å². The summed E-state index contributed by atoms with van der Waals surface area (Å²) in [6, 6.07) is 9.04. The summed E-state index contributed by atoms with van der Waals surface area (Å²) in [5.74, 6) is -0.196. The molecule has 2 N–H and O–H groups in total. The third kappa shape index (κ3) is 3.68. The molecule has 106 valence electrons. The van der Waals surface area contributed by atoms with Gasteiger partial charge in [0.05, 0.1) is 19.2 Å². The molecule has 0 radical (unpaired) electrons. The van der Waals surface area contributed by atoms with Crippen LogP contribution in [0.4, 0.5) is 4.39 Å². The van der Waals surface area contributed by atoms with Crippen molar-refractivity contribution in [1.29, 1.82) is 0 Å². The topological polar surface area (TPSA) is 62.5 Å². The van der Waals surface area contributed by atoms with Gasteiger partial charge in [-0.3, -0.25) is 4.79 Å². The van der Waals surface area contributed by atoms with Crippen LogP contribution in [-0.4, -0.2) is 17.6 Å². The zero-order valence-electron chi connectivity index (χ0n) is 11.1. The van der Waals surface area contributed by atoms with E-state index in [1.54, 1.807) is 31.2 Å². The van der Waals surface area contributed by atoms with Gasteiger partial charge in [0.2, 0.25) is 5.91 Å². The van der Waals surface area contributed by atoms with E-state index in [0.717, 1.165) is 0 Å². The average molecular weight is 277 g/mol. The van der Waals surface area contributed by atoms with Gasteiger partial charge in [0.25, 0.3) is 0 Å². The van der Waals surface area contributed by atoms with Crippen LogP contribution in [0.1, 0.15) is 18.2 Å². The molecule has 5 heteroatoms. The summed E-state index contributed by atoms with van der Waals surface area (Å²) in [7, 11) is 0. The third-order valence-corrected chi connectivity index (χ3v) is 2.96. The van der Waals surface area contributed by atoms with Crippen LogP contribution in [-0.2, 0) is 16.8 Å². The maximum absolute atomic E-state index is 12.7. The molecule has 1 atom stereocenters. The van der Waals surface area contributed by atoms with E-state index in [-0.39, 0.29) is 24.7 Å². The van der Waals surface area contributed by atoms with Crippen molar-refractivity contribution < 1.29 is 18.7 Å². The molecular weight excluding hydrogens is 261 g/mol. The molecule has 2 rings (SSSR count). The van der Waals surface area contributed by atoms with Crippen LogP contribution in [0, 0.1) is 5.82 Å². The van der Waals surface area contributed by atoms with Crippen molar-refractivity contribution in [2.75, 3.05) is 6.54 Å². The maximum Gasteiger partial charge on any atom is 0.224 e. The summed E-state index contributed by atoms with van der Waals surface area (Å²) in [6.07, 6.45) is 1.60. The Balaban J connectivity index is 1.88. The average Bonchev–Trinajstić information content (AvgIpc) is 2.94. The minimum absolute atomic E-state index is 0.0422. The van der Waals surface area contributed by atoms with Crippen molar-refractivity contribution >= 4 is 5.91 Å². The normalized spacial score (nSPS) is 13.8. The highest BCUT2D eigenvalue weighted by Crippen LogP contribution is 2.19. The van der Waals surface area contributed by atoms with Gasteiger partial charge in [-0.1, -0.05) is 12.1 Å². The van der Waals surface area contributed by atoms with E-state index in [0.29, 0.717) is 11.3 Å². The molecule has 1 aromatic heterocycles. The Bertz CT molecular complexity index is 561. The van der Waals surface area contributed by atoms with Crippen molar-refractivity contribution in [2.45, 2.75) is 18.9 Å². The van der Waals surface area contributed by atoms with Gasteiger partial charge in [-0.15, -0.1) is 0 Å². The fraction of sp³-hybridized carbons (Fsp3) is 0.267. The van der Waals surface area contributed by atoms with Crippen molar-refractivity contribution in [3.63, 3.8) is 0 Å². The van der Waals surface area contributed by atoms with Crippen LogP contribution in [0.3, 0.4) is 0 Å². The number of hydrogen-bond donors (Lipinski definition) is 2. The van der Waals surface area contributed by atoms with Gasteiger partial charge in [-0.25, -0.2) is 4.39 Å². The number of rotatable bonds is 5. The smallest absolute Gasteiger partial charge is 0.224 e. The lowest BCUT2D eigenvalue weighted by molar-refractivity contribution is -0.121. The van der Waals surface area contributed by atoms with Crippen LogP contribution < -0.4 is 5.32 Å². The lowest BCUT2D eigenvalue weighted by Crippen LogP contribution is -2.39.